The third-order valence-electron chi connectivity index (χ3n) is 3.32. The fourth-order valence-electron chi connectivity index (χ4n) is 2.34. The van der Waals surface area contributed by atoms with Gasteiger partial charge in [-0.25, -0.2) is 4.79 Å². The number of esters is 1. The number of hydrogen-bond donors (Lipinski definition) is 1. The minimum absolute atomic E-state index is 0.0517. The zero-order valence-electron chi connectivity index (χ0n) is 12.3. The van der Waals surface area contributed by atoms with Crippen LogP contribution < -0.4 is 5.73 Å². The van der Waals surface area contributed by atoms with Gasteiger partial charge in [0.25, 0.3) is 0 Å². The third kappa shape index (κ3) is 3.52. The van der Waals surface area contributed by atoms with E-state index in [9.17, 15) is 10.1 Å². The van der Waals surface area contributed by atoms with Gasteiger partial charge < -0.3 is 15.2 Å². The number of nitrogens with zero attached hydrogens (tertiary/aromatic N) is 1. The molecule has 23 heavy (non-hydrogen) atoms. The number of allylic oxidation sites excluding steroid dienone is 2. The number of benzene rings is 1. The molecule has 2 N–H and O–H groups in total. The third-order valence-corrected chi connectivity index (χ3v) is 4.09. The van der Waals surface area contributed by atoms with Gasteiger partial charge >= 0.3 is 5.97 Å². The second-order valence-electron chi connectivity index (χ2n) is 4.67. The Balaban J connectivity index is 2.63. The van der Waals surface area contributed by atoms with Crippen LogP contribution in [0.15, 0.2) is 51.5 Å². The van der Waals surface area contributed by atoms with Crippen LogP contribution >= 0.6 is 27.5 Å². The monoisotopic (exact) mass is 396 g/mol. The number of hydrogen-bond acceptors (Lipinski definition) is 5. The summed E-state index contributed by atoms with van der Waals surface area (Å²) in [5.41, 5.74) is 6.91. The number of nitrogens with two attached hydrogens (primary N) is 1. The van der Waals surface area contributed by atoms with E-state index in [1.54, 1.807) is 19.1 Å². The first-order valence-electron chi connectivity index (χ1n) is 6.82. The fourth-order valence-corrected chi connectivity index (χ4v) is 2.80. The molecule has 0 spiro atoms. The number of alkyl halides is 1. The van der Waals surface area contributed by atoms with Crippen molar-refractivity contribution in [1.82, 2.24) is 0 Å². The number of carbonyl (C=O) groups excluding carboxylic acids is 1. The van der Waals surface area contributed by atoms with Gasteiger partial charge in [0.2, 0.25) is 5.88 Å². The minimum atomic E-state index is -0.672. The van der Waals surface area contributed by atoms with Crippen LogP contribution in [0.2, 0.25) is 0 Å². The zero-order valence-corrected chi connectivity index (χ0v) is 14.6. The summed E-state index contributed by atoms with van der Waals surface area (Å²) >= 11 is 9.25. The number of ether oxygens (including phenoxy) is 2. The fraction of sp³-hybridized carbons (Fsp3) is 0.250. The van der Waals surface area contributed by atoms with Gasteiger partial charge in [0, 0.05) is 4.47 Å². The molecule has 2 rings (SSSR count). The number of carbonyl (C=O) groups is 1. The molecule has 0 fully saturated rings. The van der Waals surface area contributed by atoms with E-state index in [1.807, 2.05) is 18.2 Å². The van der Waals surface area contributed by atoms with Crippen molar-refractivity contribution in [2.75, 3.05) is 12.5 Å². The molecule has 1 aliphatic rings. The predicted octanol–water partition coefficient (Wildman–Crippen LogP) is 3.31. The maximum Gasteiger partial charge on any atom is 0.338 e. The van der Waals surface area contributed by atoms with Crippen molar-refractivity contribution in [2.45, 2.75) is 12.8 Å². The molecule has 1 aliphatic heterocycles. The average molecular weight is 398 g/mol. The van der Waals surface area contributed by atoms with Gasteiger partial charge in [0.15, 0.2) is 0 Å². The first-order valence-corrected chi connectivity index (χ1v) is 8.15. The Bertz CT molecular complexity index is 720. The molecule has 0 aliphatic carbocycles. The Labute approximate surface area is 147 Å². The topological polar surface area (TPSA) is 85.3 Å². The summed E-state index contributed by atoms with van der Waals surface area (Å²) in [6, 6.07) is 9.26. The highest BCUT2D eigenvalue weighted by atomic mass is 79.9. The maximum atomic E-state index is 12.4. The molecule has 0 amide bonds. The van der Waals surface area contributed by atoms with Gasteiger partial charge in [-0.2, -0.15) is 5.26 Å². The first-order chi connectivity index (χ1) is 11.0. The van der Waals surface area contributed by atoms with Crippen LogP contribution in [0.5, 0.6) is 0 Å². The van der Waals surface area contributed by atoms with Gasteiger partial charge in [-0.1, -0.05) is 28.1 Å². The summed E-state index contributed by atoms with van der Waals surface area (Å²) in [7, 11) is 0. The van der Waals surface area contributed by atoms with Crippen LogP contribution in [0.1, 0.15) is 18.4 Å². The van der Waals surface area contributed by atoms with E-state index in [2.05, 4.69) is 15.9 Å². The van der Waals surface area contributed by atoms with Gasteiger partial charge in [-0.3, -0.25) is 0 Å². The summed E-state index contributed by atoms with van der Waals surface area (Å²) in [5, 5.41) is 9.45. The van der Waals surface area contributed by atoms with Crippen LogP contribution in [0, 0.1) is 11.3 Å². The van der Waals surface area contributed by atoms with E-state index >= 15 is 0 Å². The summed E-state index contributed by atoms with van der Waals surface area (Å²) in [5.74, 6) is -1.15. The van der Waals surface area contributed by atoms with Crippen molar-refractivity contribution in [1.29, 1.82) is 5.26 Å². The summed E-state index contributed by atoms with van der Waals surface area (Å²) in [4.78, 5) is 12.4. The minimum Gasteiger partial charge on any atom is -0.463 e. The molecule has 0 bridgehead atoms. The molecule has 0 saturated heterocycles. The van der Waals surface area contributed by atoms with E-state index in [4.69, 9.17) is 26.8 Å². The molecular weight excluding hydrogens is 384 g/mol. The molecule has 1 aromatic rings. The standard InChI is InChI=1S/C16H14BrClN2O3/c1-2-22-16(21)14-12(7-18)23-15(20)11(8-19)13(14)9-3-5-10(17)6-4-9/h3-6,13H,2,7,20H2,1H3/t13-/m0/s1. The Morgan fingerprint density at radius 3 is 2.65 bits per heavy atom. The first kappa shape index (κ1) is 17.4. The molecule has 0 aromatic heterocycles. The maximum absolute atomic E-state index is 12.4. The second-order valence-corrected chi connectivity index (χ2v) is 5.85. The highest BCUT2D eigenvalue weighted by molar-refractivity contribution is 9.10. The molecule has 7 heteroatoms. The van der Waals surface area contributed by atoms with E-state index in [0.29, 0.717) is 0 Å². The summed E-state index contributed by atoms with van der Waals surface area (Å²) in [6.07, 6.45) is 0. The van der Waals surface area contributed by atoms with E-state index < -0.39 is 11.9 Å². The van der Waals surface area contributed by atoms with Crippen LogP contribution in [0.25, 0.3) is 0 Å². The van der Waals surface area contributed by atoms with Crippen molar-refractivity contribution < 1.29 is 14.3 Å². The Morgan fingerprint density at radius 1 is 1.48 bits per heavy atom. The lowest BCUT2D eigenvalue weighted by Crippen LogP contribution is -2.26. The lowest BCUT2D eigenvalue weighted by atomic mass is 9.83. The van der Waals surface area contributed by atoms with Gasteiger partial charge in [-0.15, -0.1) is 11.6 Å². The van der Waals surface area contributed by atoms with Crippen LogP contribution in [0.3, 0.4) is 0 Å². The van der Waals surface area contributed by atoms with Crippen molar-refractivity contribution in [3.05, 3.63) is 57.1 Å². The second kappa shape index (κ2) is 7.53. The largest absolute Gasteiger partial charge is 0.463 e. The van der Waals surface area contributed by atoms with E-state index in [1.165, 1.54) is 0 Å². The lowest BCUT2D eigenvalue weighted by Gasteiger charge is -2.27. The lowest BCUT2D eigenvalue weighted by molar-refractivity contribution is -0.139. The zero-order chi connectivity index (χ0) is 17.0. The molecule has 120 valence electrons. The number of rotatable bonds is 4. The quantitative estimate of drug-likeness (QED) is 0.622. The summed E-state index contributed by atoms with van der Waals surface area (Å²) < 4.78 is 11.3. The Hall–Kier alpha value is -1.97. The molecular formula is C16H14BrClN2O3. The molecule has 0 radical (unpaired) electrons. The normalized spacial score (nSPS) is 17.6. The van der Waals surface area contributed by atoms with Gasteiger partial charge in [-0.05, 0) is 24.6 Å². The Kier molecular flexibility index (Phi) is 5.69. The molecule has 1 heterocycles. The summed E-state index contributed by atoms with van der Waals surface area (Å²) in [6.45, 7) is 1.90. The average Bonchev–Trinajstić information content (AvgIpc) is 2.54. The molecule has 5 nitrogen and oxygen atoms in total. The number of nitriles is 1. The SMILES string of the molecule is CCOC(=O)C1=C(CCl)OC(N)=C(C#N)[C@@H]1c1ccc(Br)cc1. The molecule has 0 saturated carbocycles. The highest BCUT2D eigenvalue weighted by Gasteiger charge is 2.37. The Morgan fingerprint density at radius 2 is 2.13 bits per heavy atom. The van der Waals surface area contributed by atoms with Crippen LogP contribution in [-0.4, -0.2) is 18.5 Å². The van der Waals surface area contributed by atoms with Crippen LogP contribution in [0.4, 0.5) is 0 Å². The van der Waals surface area contributed by atoms with E-state index in [0.717, 1.165) is 10.0 Å². The van der Waals surface area contributed by atoms with Crippen molar-refractivity contribution in [3.8, 4) is 6.07 Å². The number of halogens is 2. The predicted molar refractivity (Wildman–Crippen MR) is 89.2 cm³/mol. The highest BCUT2D eigenvalue weighted by Crippen LogP contribution is 2.40. The van der Waals surface area contributed by atoms with Crippen molar-refractivity contribution in [3.63, 3.8) is 0 Å². The molecule has 1 aromatic carbocycles. The van der Waals surface area contributed by atoms with Crippen LogP contribution in [-0.2, 0) is 14.3 Å². The smallest absolute Gasteiger partial charge is 0.338 e. The molecule has 0 unspecified atom stereocenters. The van der Waals surface area contributed by atoms with Crippen molar-refractivity contribution in [2.24, 2.45) is 5.73 Å². The van der Waals surface area contributed by atoms with E-state index in [-0.39, 0.29) is 35.3 Å². The van der Waals surface area contributed by atoms with Gasteiger partial charge in [0.05, 0.1) is 24.0 Å². The van der Waals surface area contributed by atoms with Crippen molar-refractivity contribution >= 4 is 33.5 Å². The van der Waals surface area contributed by atoms with Gasteiger partial charge in [0.1, 0.15) is 17.4 Å². The molecule has 1 atom stereocenters.